The average Bonchev–Trinajstić information content (AvgIpc) is 3.11. The number of para-hydroxylation sites is 1. The van der Waals surface area contributed by atoms with Crippen LogP contribution in [0.15, 0.2) is 66.9 Å². The lowest BCUT2D eigenvalue weighted by Crippen LogP contribution is -2.03. The molecule has 1 heterocycles. The molecule has 0 fully saturated rings. The van der Waals surface area contributed by atoms with Crippen LogP contribution in [-0.2, 0) is 13.0 Å². The highest BCUT2D eigenvalue weighted by Gasteiger charge is 2.19. The van der Waals surface area contributed by atoms with Gasteiger partial charge in [0.2, 0.25) is 0 Å². The molecule has 0 amide bonds. The molecule has 0 saturated carbocycles. The van der Waals surface area contributed by atoms with Crippen LogP contribution >= 0.6 is 0 Å². The fraction of sp³-hybridized carbons (Fsp3) is 0.269. The Hall–Kier alpha value is -2.87. The molecule has 0 atom stereocenters. The maximum absolute atomic E-state index is 13.7. The largest absolute Gasteiger partial charge is 0.347 e. The summed E-state index contributed by atoms with van der Waals surface area (Å²) >= 11 is 0. The summed E-state index contributed by atoms with van der Waals surface area (Å²) in [5.74, 6) is 0.122. The summed E-state index contributed by atoms with van der Waals surface area (Å²) < 4.78 is 2.25. The van der Waals surface area contributed by atoms with Crippen LogP contribution in [0.1, 0.15) is 54.6 Å². The highest BCUT2D eigenvalue weighted by molar-refractivity contribution is 6.21. The molecule has 142 valence electrons. The number of rotatable bonds is 7. The lowest BCUT2D eigenvalue weighted by Gasteiger charge is -2.08. The Morgan fingerprint density at radius 1 is 0.857 bits per heavy atom. The molecule has 4 rings (SSSR count). The van der Waals surface area contributed by atoms with Crippen LogP contribution in [0.5, 0.6) is 0 Å². The van der Waals surface area contributed by atoms with E-state index in [9.17, 15) is 4.79 Å². The Labute approximate surface area is 166 Å². The molecule has 0 aliphatic carbocycles. The molecular weight excluding hydrogens is 342 g/mol. The first-order chi connectivity index (χ1) is 13.7. The van der Waals surface area contributed by atoms with Crippen LogP contribution in [0.3, 0.4) is 0 Å². The van der Waals surface area contributed by atoms with E-state index in [1.54, 1.807) is 0 Å². The van der Waals surface area contributed by atoms with Crippen molar-refractivity contribution < 1.29 is 4.79 Å². The standard InChI is InChI=1S/C26H27NO/c1-3-5-10-15-27-18-24(22-13-8-9-14-25(22)27)26(28)23-17-19(4-2)16-20-11-6-7-12-21(20)23/h6-9,11-14,16-18H,3-5,10,15H2,1-2H3. The third-order valence-electron chi connectivity index (χ3n) is 5.61. The summed E-state index contributed by atoms with van der Waals surface area (Å²) in [4.78, 5) is 13.7. The number of aryl methyl sites for hydroxylation is 2. The third kappa shape index (κ3) is 3.35. The van der Waals surface area contributed by atoms with Crippen LogP contribution < -0.4 is 0 Å². The number of carbonyl (C=O) groups excluding carboxylic acids is 1. The number of benzene rings is 3. The highest BCUT2D eigenvalue weighted by atomic mass is 16.1. The van der Waals surface area contributed by atoms with E-state index in [4.69, 9.17) is 0 Å². The van der Waals surface area contributed by atoms with Gasteiger partial charge in [0.05, 0.1) is 0 Å². The highest BCUT2D eigenvalue weighted by Crippen LogP contribution is 2.28. The first-order valence-electron chi connectivity index (χ1n) is 10.4. The predicted octanol–water partition coefficient (Wildman–Crippen LogP) is 6.78. The fourth-order valence-electron chi connectivity index (χ4n) is 4.05. The second-order valence-corrected chi connectivity index (χ2v) is 7.51. The molecule has 0 radical (unpaired) electrons. The van der Waals surface area contributed by atoms with Gasteiger partial charge in [-0.1, -0.05) is 75.2 Å². The van der Waals surface area contributed by atoms with Crippen molar-refractivity contribution in [1.29, 1.82) is 0 Å². The van der Waals surface area contributed by atoms with Gasteiger partial charge >= 0.3 is 0 Å². The molecule has 28 heavy (non-hydrogen) atoms. The third-order valence-corrected chi connectivity index (χ3v) is 5.61. The first kappa shape index (κ1) is 18.5. The molecule has 0 saturated heterocycles. The van der Waals surface area contributed by atoms with E-state index in [0.717, 1.165) is 52.2 Å². The number of hydrogen-bond acceptors (Lipinski definition) is 1. The molecule has 0 N–H and O–H groups in total. The van der Waals surface area contributed by atoms with Crippen LogP contribution in [0.2, 0.25) is 0 Å². The van der Waals surface area contributed by atoms with E-state index in [1.807, 2.05) is 18.2 Å². The Kier molecular flexibility index (Phi) is 5.29. The van der Waals surface area contributed by atoms with Crippen molar-refractivity contribution in [3.63, 3.8) is 0 Å². The summed E-state index contributed by atoms with van der Waals surface area (Å²) in [6.45, 7) is 5.31. The van der Waals surface area contributed by atoms with Gasteiger partial charge in [-0.05, 0) is 41.3 Å². The predicted molar refractivity (Wildman–Crippen MR) is 118 cm³/mol. The van der Waals surface area contributed by atoms with Crippen LogP contribution in [0.4, 0.5) is 0 Å². The number of unbranched alkanes of at least 4 members (excludes halogenated alkanes) is 2. The van der Waals surface area contributed by atoms with Crippen molar-refractivity contribution >= 4 is 27.5 Å². The average molecular weight is 370 g/mol. The number of carbonyl (C=O) groups is 1. The SMILES string of the molecule is CCCCCn1cc(C(=O)c2cc(CC)cc3ccccc23)c2ccccc21. The van der Waals surface area contributed by atoms with Crippen molar-refractivity contribution in [1.82, 2.24) is 4.57 Å². The normalized spacial score (nSPS) is 11.4. The fourth-order valence-corrected chi connectivity index (χ4v) is 4.05. The van der Waals surface area contributed by atoms with Gasteiger partial charge in [0.25, 0.3) is 0 Å². The number of hydrogen-bond donors (Lipinski definition) is 0. The summed E-state index contributed by atoms with van der Waals surface area (Å²) in [5, 5.41) is 3.22. The van der Waals surface area contributed by atoms with Crippen LogP contribution in [-0.4, -0.2) is 10.4 Å². The second-order valence-electron chi connectivity index (χ2n) is 7.51. The quantitative estimate of drug-likeness (QED) is 0.260. The van der Waals surface area contributed by atoms with E-state index in [0.29, 0.717) is 0 Å². The van der Waals surface area contributed by atoms with E-state index in [2.05, 4.69) is 67.1 Å². The van der Waals surface area contributed by atoms with Crippen molar-refractivity contribution in [3.8, 4) is 0 Å². The Balaban J connectivity index is 1.85. The summed E-state index contributed by atoms with van der Waals surface area (Å²) in [7, 11) is 0. The molecule has 2 heteroatoms. The summed E-state index contributed by atoms with van der Waals surface area (Å²) in [6, 6.07) is 20.8. The molecule has 4 aromatic rings. The zero-order chi connectivity index (χ0) is 19.5. The summed E-state index contributed by atoms with van der Waals surface area (Å²) in [6.07, 6.45) is 6.52. The van der Waals surface area contributed by atoms with Gasteiger partial charge in [0.15, 0.2) is 5.78 Å². The number of aromatic nitrogens is 1. The van der Waals surface area contributed by atoms with E-state index >= 15 is 0 Å². The van der Waals surface area contributed by atoms with E-state index in [-0.39, 0.29) is 5.78 Å². The zero-order valence-electron chi connectivity index (χ0n) is 16.7. The molecule has 0 aliphatic rings. The minimum atomic E-state index is 0.122. The van der Waals surface area contributed by atoms with Crippen molar-refractivity contribution in [2.45, 2.75) is 46.1 Å². The lowest BCUT2D eigenvalue weighted by atomic mass is 9.94. The maximum atomic E-state index is 13.7. The zero-order valence-corrected chi connectivity index (χ0v) is 16.7. The Morgan fingerprint density at radius 3 is 2.39 bits per heavy atom. The number of nitrogens with zero attached hydrogens (tertiary/aromatic N) is 1. The molecule has 0 aliphatic heterocycles. The topological polar surface area (TPSA) is 22.0 Å². The van der Waals surface area contributed by atoms with Crippen molar-refractivity contribution in [2.24, 2.45) is 0 Å². The van der Waals surface area contributed by atoms with Gasteiger partial charge < -0.3 is 4.57 Å². The molecule has 1 aromatic heterocycles. The first-order valence-corrected chi connectivity index (χ1v) is 10.4. The minimum absolute atomic E-state index is 0.122. The van der Waals surface area contributed by atoms with E-state index < -0.39 is 0 Å². The van der Waals surface area contributed by atoms with Gasteiger partial charge in [-0.3, -0.25) is 4.79 Å². The van der Waals surface area contributed by atoms with Crippen molar-refractivity contribution in [2.75, 3.05) is 0 Å². The van der Waals surface area contributed by atoms with Crippen molar-refractivity contribution in [3.05, 3.63) is 83.6 Å². The Bertz CT molecular complexity index is 1140. The van der Waals surface area contributed by atoms with Gasteiger partial charge in [0, 0.05) is 34.8 Å². The minimum Gasteiger partial charge on any atom is -0.347 e. The van der Waals surface area contributed by atoms with Gasteiger partial charge in [-0.2, -0.15) is 0 Å². The molecule has 0 spiro atoms. The number of fused-ring (bicyclic) bond motifs is 2. The molecule has 0 bridgehead atoms. The lowest BCUT2D eigenvalue weighted by molar-refractivity contribution is 0.104. The van der Waals surface area contributed by atoms with Gasteiger partial charge in [-0.25, -0.2) is 0 Å². The van der Waals surface area contributed by atoms with E-state index in [1.165, 1.54) is 18.4 Å². The maximum Gasteiger partial charge on any atom is 0.195 e. The smallest absolute Gasteiger partial charge is 0.195 e. The molecule has 3 aromatic carbocycles. The monoisotopic (exact) mass is 369 g/mol. The number of ketones is 1. The van der Waals surface area contributed by atoms with Crippen LogP contribution in [0.25, 0.3) is 21.7 Å². The molecule has 2 nitrogen and oxygen atoms in total. The van der Waals surface area contributed by atoms with Gasteiger partial charge in [-0.15, -0.1) is 0 Å². The molecular formula is C26H27NO. The summed E-state index contributed by atoms with van der Waals surface area (Å²) in [5.41, 5.74) is 3.98. The Morgan fingerprint density at radius 2 is 1.61 bits per heavy atom. The molecule has 0 unspecified atom stereocenters. The van der Waals surface area contributed by atoms with Crippen LogP contribution in [0, 0.1) is 0 Å². The van der Waals surface area contributed by atoms with Gasteiger partial charge in [0.1, 0.15) is 0 Å². The second kappa shape index (κ2) is 8.02.